The number of hydrogen-bond donors (Lipinski definition) is 1. The zero-order chi connectivity index (χ0) is 24.4. The van der Waals surface area contributed by atoms with Gasteiger partial charge in [-0.25, -0.2) is 14.8 Å². The minimum absolute atomic E-state index is 0.0239. The number of carbonyl (C=O) groups is 1. The van der Waals surface area contributed by atoms with E-state index >= 15 is 0 Å². The van der Waals surface area contributed by atoms with Crippen LogP contribution in [0.1, 0.15) is 35.5 Å². The monoisotopic (exact) mass is 463 g/mol. The van der Waals surface area contributed by atoms with E-state index in [1.54, 1.807) is 24.1 Å². The van der Waals surface area contributed by atoms with E-state index < -0.39 is 0 Å². The fraction of sp³-hybridized carbons (Fsp3) is 0.423. The third kappa shape index (κ3) is 4.92. The first-order chi connectivity index (χ1) is 16.3. The zero-order valence-corrected chi connectivity index (χ0v) is 20.8. The van der Waals surface area contributed by atoms with Crippen LogP contribution >= 0.6 is 0 Å². The normalized spacial score (nSPS) is 15.3. The quantitative estimate of drug-likeness (QED) is 0.597. The summed E-state index contributed by atoms with van der Waals surface area (Å²) in [5.74, 6) is 2.15. The van der Waals surface area contributed by atoms with Crippen molar-refractivity contribution in [2.24, 2.45) is 0 Å². The van der Waals surface area contributed by atoms with Gasteiger partial charge in [-0.1, -0.05) is 18.2 Å². The molecule has 3 aromatic rings. The lowest BCUT2D eigenvalue weighted by Crippen LogP contribution is -2.48. The molecule has 2 heterocycles. The molecule has 1 aromatic heterocycles. The van der Waals surface area contributed by atoms with Gasteiger partial charge in [0.05, 0.1) is 18.7 Å². The molecule has 4 rings (SSSR count). The Balaban J connectivity index is 1.67. The number of likely N-dealkylation sites (N-methyl/N-ethyl adjacent to an activating group) is 1. The molecular weight excluding hydrogens is 430 g/mol. The standard InChI is InChI=1S/C26H33N5O3/c1-16-8-7-9-20(17(16)2)18(3)27-25-21-14-24(23(33-6)15-22(21)28-19(4)29-25)34-26(32)31-12-10-30(5)11-13-31/h7-9,14-15,18H,10-13H2,1-6H3,(H,27,28,29)/t18-/m1/s1. The van der Waals surface area contributed by atoms with E-state index in [1.165, 1.54) is 16.7 Å². The molecule has 1 atom stereocenters. The molecule has 1 saturated heterocycles. The Labute approximate surface area is 200 Å². The summed E-state index contributed by atoms with van der Waals surface area (Å²) in [6, 6.07) is 9.92. The molecule has 1 aliphatic rings. The van der Waals surface area contributed by atoms with E-state index in [0.29, 0.717) is 36.2 Å². The second-order valence-corrected chi connectivity index (χ2v) is 8.95. The lowest BCUT2D eigenvalue weighted by Gasteiger charge is -2.31. The molecule has 8 nitrogen and oxygen atoms in total. The second kappa shape index (κ2) is 9.85. The maximum absolute atomic E-state index is 12.8. The first kappa shape index (κ1) is 23.8. The van der Waals surface area contributed by atoms with Crippen molar-refractivity contribution in [3.8, 4) is 11.5 Å². The van der Waals surface area contributed by atoms with E-state index in [0.717, 1.165) is 24.0 Å². The SMILES string of the molecule is COc1cc2nc(C)nc(N[C@H](C)c3cccc(C)c3C)c2cc1OC(=O)N1CCN(C)CC1. The van der Waals surface area contributed by atoms with Crippen LogP contribution in [0.4, 0.5) is 10.6 Å². The number of piperazine rings is 1. The van der Waals surface area contributed by atoms with Crippen LogP contribution in [0.2, 0.25) is 0 Å². The minimum atomic E-state index is -0.378. The highest BCUT2D eigenvalue weighted by Crippen LogP contribution is 2.36. The summed E-state index contributed by atoms with van der Waals surface area (Å²) in [4.78, 5) is 26.0. The van der Waals surface area contributed by atoms with Crippen LogP contribution in [0.3, 0.4) is 0 Å². The number of fused-ring (bicyclic) bond motifs is 1. The predicted molar refractivity (Wildman–Crippen MR) is 134 cm³/mol. The minimum Gasteiger partial charge on any atom is -0.493 e. The van der Waals surface area contributed by atoms with Crippen LogP contribution in [0, 0.1) is 20.8 Å². The van der Waals surface area contributed by atoms with Gasteiger partial charge in [-0.05, 0) is 57.5 Å². The number of anilines is 1. The van der Waals surface area contributed by atoms with E-state index in [9.17, 15) is 4.79 Å². The number of methoxy groups -OCH3 is 1. The lowest BCUT2D eigenvalue weighted by atomic mass is 9.98. The van der Waals surface area contributed by atoms with Gasteiger partial charge in [0.2, 0.25) is 0 Å². The molecule has 0 spiro atoms. The van der Waals surface area contributed by atoms with Gasteiger partial charge >= 0.3 is 6.09 Å². The van der Waals surface area contributed by atoms with Crippen LogP contribution in [0.5, 0.6) is 11.5 Å². The van der Waals surface area contributed by atoms with Crippen molar-refractivity contribution in [3.63, 3.8) is 0 Å². The number of aromatic nitrogens is 2. The molecule has 0 saturated carbocycles. The van der Waals surface area contributed by atoms with Crippen molar-refractivity contribution in [2.75, 3.05) is 45.7 Å². The number of benzene rings is 2. The fourth-order valence-corrected chi connectivity index (χ4v) is 4.28. The van der Waals surface area contributed by atoms with Crippen LogP contribution in [0.25, 0.3) is 10.9 Å². The Morgan fingerprint density at radius 3 is 2.50 bits per heavy atom. The number of aryl methyl sites for hydroxylation is 2. The first-order valence-corrected chi connectivity index (χ1v) is 11.6. The van der Waals surface area contributed by atoms with Gasteiger partial charge in [-0.3, -0.25) is 0 Å². The Hall–Kier alpha value is -3.39. The summed E-state index contributed by atoms with van der Waals surface area (Å²) in [6.07, 6.45) is -0.378. The number of ether oxygens (including phenoxy) is 2. The van der Waals surface area contributed by atoms with Gasteiger partial charge in [-0.2, -0.15) is 0 Å². The Morgan fingerprint density at radius 2 is 1.79 bits per heavy atom. The molecular formula is C26H33N5O3. The second-order valence-electron chi connectivity index (χ2n) is 8.95. The molecule has 0 aliphatic carbocycles. The van der Waals surface area contributed by atoms with E-state index in [2.05, 4.69) is 59.2 Å². The average Bonchev–Trinajstić information content (AvgIpc) is 2.81. The van der Waals surface area contributed by atoms with Crippen molar-refractivity contribution in [2.45, 2.75) is 33.7 Å². The smallest absolute Gasteiger partial charge is 0.415 e. The predicted octanol–water partition coefficient (Wildman–Crippen LogP) is 4.48. The van der Waals surface area contributed by atoms with Crippen LogP contribution < -0.4 is 14.8 Å². The average molecular weight is 464 g/mol. The third-order valence-corrected chi connectivity index (χ3v) is 6.52. The highest BCUT2D eigenvalue weighted by Gasteiger charge is 2.23. The summed E-state index contributed by atoms with van der Waals surface area (Å²) in [5, 5.41) is 4.32. The Morgan fingerprint density at radius 1 is 1.06 bits per heavy atom. The molecule has 1 aliphatic heterocycles. The number of rotatable bonds is 5. The van der Waals surface area contributed by atoms with Crippen molar-refractivity contribution in [3.05, 3.63) is 52.8 Å². The molecule has 2 aromatic carbocycles. The van der Waals surface area contributed by atoms with Crippen molar-refractivity contribution < 1.29 is 14.3 Å². The summed E-state index contributed by atoms with van der Waals surface area (Å²) >= 11 is 0. The van der Waals surface area contributed by atoms with Crippen molar-refractivity contribution in [1.82, 2.24) is 19.8 Å². The number of carbonyl (C=O) groups excluding carboxylic acids is 1. The summed E-state index contributed by atoms with van der Waals surface area (Å²) in [7, 11) is 3.61. The first-order valence-electron chi connectivity index (χ1n) is 11.6. The molecule has 0 unspecified atom stereocenters. The van der Waals surface area contributed by atoms with E-state index in [1.807, 2.05) is 14.0 Å². The molecule has 1 amide bonds. The Bertz CT molecular complexity index is 1200. The number of nitrogens with zero attached hydrogens (tertiary/aromatic N) is 4. The van der Waals surface area contributed by atoms with Gasteiger partial charge < -0.3 is 24.6 Å². The molecule has 180 valence electrons. The van der Waals surface area contributed by atoms with Crippen LogP contribution in [0.15, 0.2) is 30.3 Å². The summed E-state index contributed by atoms with van der Waals surface area (Å²) in [5.41, 5.74) is 4.43. The Kier molecular flexibility index (Phi) is 6.88. The molecule has 34 heavy (non-hydrogen) atoms. The number of hydrogen-bond acceptors (Lipinski definition) is 7. The van der Waals surface area contributed by atoms with Gasteiger partial charge in [-0.15, -0.1) is 0 Å². The number of amides is 1. The maximum atomic E-state index is 12.8. The van der Waals surface area contributed by atoms with Crippen LogP contribution in [-0.4, -0.2) is 66.2 Å². The summed E-state index contributed by atoms with van der Waals surface area (Å²) in [6.45, 7) is 11.1. The van der Waals surface area contributed by atoms with E-state index in [-0.39, 0.29) is 12.1 Å². The van der Waals surface area contributed by atoms with Crippen LogP contribution in [-0.2, 0) is 0 Å². The maximum Gasteiger partial charge on any atom is 0.415 e. The highest BCUT2D eigenvalue weighted by atomic mass is 16.6. The van der Waals surface area contributed by atoms with Crippen molar-refractivity contribution in [1.29, 1.82) is 0 Å². The van der Waals surface area contributed by atoms with Gasteiger partial charge in [0.25, 0.3) is 0 Å². The van der Waals surface area contributed by atoms with Gasteiger partial charge in [0.15, 0.2) is 11.5 Å². The molecule has 0 radical (unpaired) electrons. The fourth-order valence-electron chi connectivity index (χ4n) is 4.28. The van der Waals surface area contributed by atoms with Gasteiger partial charge in [0.1, 0.15) is 11.6 Å². The number of nitrogens with one attached hydrogen (secondary N) is 1. The van der Waals surface area contributed by atoms with Gasteiger partial charge in [0, 0.05) is 37.6 Å². The zero-order valence-electron chi connectivity index (χ0n) is 20.8. The lowest BCUT2D eigenvalue weighted by molar-refractivity contribution is 0.119. The third-order valence-electron chi connectivity index (χ3n) is 6.52. The molecule has 0 bridgehead atoms. The van der Waals surface area contributed by atoms with Crippen molar-refractivity contribution >= 4 is 22.8 Å². The summed E-state index contributed by atoms with van der Waals surface area (Å²) < 4.78 is 11.3. The largest absolute Gasteiger partial charge is 0.493 e. The highest BCUT2D eigenvalue weighted by molar-refractivity contribution is 5.92. The molecule has 1 fully saturated rings. The topological polar surface area (TPSA) is 79.8 Å². The molecule has 8 heteroatoms. The van der Waals surface area contributed by atoms with E-state index in [4.69, 9.17) is 9.47 Å². The molecule has 1 N–H and O–H groups in total.